The second-order valence-corrected chi connectivity index (χ2v) is 5.69. The van der Waals surface area contributed by atoms with Crippen LogP contribution in [0.4, 0.5) is 0 Å². The van der Waals surface area contributed by atoms with Gasteiger partial charge in [-0.15, -0.1) is 11.3 Å². The van der Waals surface area contributed by atoms with Crippen LogP contribution in [0.5, 0.6) is 0 Å². The lowest BCUT2D eigenvalue weighted by Gasteiger charge is -1.99. The molecule has 0 fully saturated rings. The first-order valence-electron chi connectivity index (χ1n) is 7.08. The standard InChI is InChI=1S/C17H14N2O4S/c1-21-17(20)13-6-4-12(5-7-13)9-18-23-11-14-10-22-16(19-14)15-3-2-8-24-15/h2-10H,11H2,1H3. The fourth-order valence-corrected chi connectivity index (χ4v) is 2.57. The van der Waals surface area contributed by atoms with Crippen LogP contribution in [-0.4, -0.2) is 24.3 Å². The molecule has 3 rings (SSSR count). The summed E-state index contributed by atoms with van der Waals surface area (Å²) in [5.41, 5.74) is 1.96. The van der Waals surface area contributed by atoms with Gasteiger partial charge in [0.2, 0.25) is 5.89 Å². The summed E-state index contributed by atoms with van der Waals surface area (Å²) in [5, 5.41) is 5.85. The average Bonchev–Trinajstić information content (AvgIpc) is 3.30. The Morgan fingerprint density at radius 1 is 1.33 bits per heavy atom. The summed E-state index contributed by atoms with van der Waals surface area (Å²) in [7, 11) is 1.35. The predicted octanol–water partition coefficient (Wildman–Crippen LogP) is 3.74. The number of aromatic nitrogens is 1. The largest absolute Gasteiger partial charge is 0.465 e. The summed E-state index contributed by atoms with van der Waals surface area (Å²) in [4.78, 5) is 21.8. The number of methoxy groups -OCH3 is 1. The molecule has 0 aliphatic carbocycles. The molecular weight excluding hydrogens is 328 g/mol. The van der Waals surface area contributed by atoms with Crippen LogP contribution in [0.15, 0.2) is 57.6 Å². The number of oxazole rings is 1. The van der Waals surface area contributed by atoms with Crippen LogP contribution in [-0.2, 0) is 16.2 Å². The van der Waals surface area contributed by atoms with Gasteiger partial charge in [-0.2, -0.15) is 0 Å². The van der Waals surface area contributed by atoms with E-state index in [0.717, 1.165) is 10.4 Å². The molecule has 0 spiro atoms. The zero-order chi connectivity index (χ0) is 16.8. The lowest BCUT2D eigenvalue weighted by atomic mass is 10.1. The molecule has 0 aliphatic rings. The molecule has 3 aromatic rings. The van der Waals surface area contributed by atoms with Gasteiger partial charge in [-0.25, -0.2) is 9.78 Å². The Bertz CT molecular complexity index is 823. The Morgan fingerprint density at radius 3 is 2.88 bits per heavy atom. The first kappa shape index (κ1) is 15.9. The Labute approximate surface area is 142 Å². The van der Waals surface area contributed by atoms with Gasteiger partial charge < -0.3 is 14.0 Å². The fraction of sp³-hybridized carbons (Fsp3) is 0.118. The van der Waals surface area contributed by atoms with Crippen LogP contribution in [0.1, 0.15) is 21.6 Å². The summed E-state index contributed by atoms with van der Waals surface area (Å²) in [6.07, 6.45) is 3.11. The second-order valence-electron chi connectivity index (χ2n) is 4.74. The number of benzene rings is 1. The molecule has 122 valence electrons. The normalized spacial score (nSPS) is 10.9. The predicted molar refractivity (Wildman–Crippen MR) is 90.0 cm³/mol. The van der Waals surface area contributed by atoms with Crippen LogP contribution in [0, 0.1) is 0 Å². The smallest absolute Gasteiger partial charge is 0.337 e. The van der Waals surface area contributed by atoms with Crippen molar-refractivity contribution in [3.05, 3.63) is 64.9 Å². The van der Waals surface area contributed by atoms with E-state index in [2.05, 4.69) is 14.9 Å². The van der Waals surface area contributed by atoms with Crippen molar-refractivity contribution in [2.24, 2.45) is 5.16 Å². The molecule has 0 saturated carbocycles. The van der Waals surface area contributed by atoms with Crippen LogP contribution in [0.3, 0.4) is 0 Å². The van der Waals surface area contributed by atoms with Gasteiger partial charge in [-0.05, 0) is 29.1 Å². The van der Waals surface area contributed by atoms with E-state index in [4.69, 9.17) is 9.25 Å². The first-order chi connectivity index (χ1) is 11.8. The van der Waals surface area contributed by atoms with Crippen molar-refractivity contribution in [1.29, 1.82) is 0 Å². The van der Waals surface area contributed by atoms with Gasteiger partial charge in [-0.1, -0.05) is 23.4 Å². The maximum atomic E-state index is 11.3. The Kier molecular flexibility index (Phi) is 5.02. The van der Waals surface area contributed by atoms with Gasteiger partial charge in [0.05, 0.1) is 23.8 Å². The molecule has 0 radical (unpaired) electrons. The van der Waals surface area contributed by atoms with Crippen molar-refractivity contribution in [1.82, 2.24) is 4.98 Å². The summed E-state index contributed by atoms with van der Waals surface area (Å²) >= 11 is 1.56. The van der Waals surface area contributed by atoms with E-state index in [9.17, 15) is 4.79 Å². The number of oxime groups is 1. The summed E-state index contributed by atoms with van der Waals surface area (Å²) in [5.74, 6) is 0.202. The van der Waals surface area contributed by atoms with Gasteiger partial charge in [-0.3, -0.25) is 0 Å². The van der Waals surface area contributed by atoms with Gasteiger partial charge in [0, 0.05) is 0 Å². The van der Waals surface area contributed by atoms with E-state index in [1.165, 1.54) is 7.11 Å². The van der Waals surface area contributed by atoms with E-state index in [1.54, 1.807) is 48.1 Å². The van der Waals surface area contributed by atoms with E-state index in [-0.39, 0.29) is 12.6 Å². The van der Waals surface area contributed by atoms with Crippen molar-refractivity contribution in [3.8, 4) is 10.8 Å². The molecule has 0 atom stereocenters. The topological polar surface area (TPSA) is 73.9 Å². The van der Waals surface area contributed by atoms with E-state index < -0.39 is 0 Å². The minimum Gasteiger partial charge on any atom is -0.465 e. The highest BCUT2D eigenvalue weighted by Gasteiger charge is 2.07. The van der Waals surface area contributed by atoms with Crippen molar-refractivity contribution in [3.63, 3.8) is 0 Å². The lowest BCUT2D eigenvalue weighted by molar-refractivity contribution is 0.0600. The highest BCUT2D eigenvalue weighted by Crippen LogP contribution is 2.23. The third kappa shape index (κ3) is 3.88. The first-order valence-corrected chi connectivity index (χ1v) is 7.96. The monoisotopic (exact) mass is 342 g/mol. The van der Waals surface area contributed by atoms with Crippen LogP contribution in [0.25, 0.3) is 10.8 Å². The number of carbonyl (C=O) groups excluding carboxylic acids is 1. The van der Waals surface area contributed by atoms with Crippen LogP contribution < -0.4 is 0 Å². The van der Waals surface area contributed by atoms with Crippen molar-refractivity contribution < 1.29 is 18.8 Å². The van der Waals surface area contributed by atoms with Gasteiger partial charge in [0.25, 0.3) is 0 Å². The number of thiophene rings is 1. The quantitative estimate of drug-likeness (QED) is 0.387. The number of carbonyl (C=O) groups is 1. The third-order valence-corrected chi connectivity index (χ3v) is 3.96. The van der Waals surface area contributed by atoms with Crippen molar-refractivity contribution in [2.75, 3.05) is 7.11 Å². The van der Waals surface area contributed by atoms with Gasteiger partial charge in [0.1, 0.15) is 12.0 Å². The molecule has 0 bridgehead atoms. The highest BCUT2D eigenvalue weighted by molar-refractivity contribution is 7.13. The Hall–Kier alpha value is -2.93. The molecule has 0 unspecified atom stereocenters. The van der Waals surface area contributed by atoms with Gasteiger partial charge in [0.15, 0.2) is 6.61 Å². The molecular formula is C17H14N2O4S. The summed E-state index contributed by atoms with van der Waals surface area (Å²) < 4.78 is 10.0. The number of hydrogen-bond acceptors (Lipinski definition) is 7. The third-order valence-electron chi connectivity index (χ3n) is 3.10. The number of esters is 1. The number of hydrogen-bond donors (Lipinski definition) is 0. The maximum Gasteiger partial charge on any atom is 0.337 e. The van der Waals surface area contributed by atoms with E-state index in [1.807, 2.05) is 17.5 Å². The zero-order valence-corrected chi connectivity index (χ0v) is 13.7. The molecule has 2 aromatic heterocycles. The minimum atomic E-state index is -0.373. The molecule has 7 heteroatoms. The van der Waals surface area contributed by atoms with Gasteiger partial charge >= 0.3 is 5.97 Å². The summed E-state index contributed by atoms with van der Waals surface area (Å²) in [6, 6.07) is 10.7. The molecule has 1 aromatic carbocycles. The molecule has 6 nitrogen and oxygen atoms in total. The number of nitrogens with zero attached hydrogens (tertiary/aromatic N) is 2. The van der Waals surface area contributed by atoms with E-state index >= 15 is 0 Å². The molecule has 0 saturated heterocycles. The zero-order valence-electron chi connectivity index (χ0n) is 12.8. The maximum absolute atomic E-state index is 11.3. The SMILES string of the molecule is COC(=O)c1ccc(C=NOCc2coc(-c3cccs3)n2)cc1. The highest BCUT2D eigenvalue weighted by atomic mass is 32.1. The second kappa shape index (κ2) is 7.56. The molecule has 2 heterocycles. The minimum absolute atomic E-state index is 0.214. The van der Waals surface area contributed by atoms with Crippen molar-refractivity contribution in [2.45, 2.75) is 6.61 Å². The lowest BCUT2D eigenvalue weighted by Crippen LogP contribution is -2.00. The molecule has 0 N–H and O–H groups in total. The van der Waals surface area contributed by atoms with Crippen LogP contribution in [0.2, 0.25) is 0 Å². The Morgan fingerprint density at radius 2 is 2.17 bits per heavy atom. The van der Waals surface area contributed by atoms with E-state index in [0.29, 0.717) is 17.1 Å². The summed E-state index contributed by atoms with van der Waals surface area (Å²) in [6.45, 7) is 0.214. The van der Waals surface area contributed by atoms with Crippen LogP contribution >= 0.6 is 11.3 Å². The number of ether oxygens (including phenoxy) is 1. The average molecular weight is 342 g/mol. The van der Waals surface area contributed by atoms with Crippen molar-refractivity contribution >= 4 is 23.5 Å². The molecule has 24 heavy (non-hydrogen) atoms. The molecule has 0 amide bonds. The Balaban J connectivity index is 1.52. The fourth-order valence-electron chi connectivity index (χ4n) is 1.91. The number of rotatable bonds is 6. The molecule has 0 aliphatic heterocycles.